The van der Waals surface area contributed by atoms with Crippen LogP contribution in [0.1, 0.15) is 77.8 Å². The number of nitrogens with zero attached hydrogens (tertiary/aromatic N) is 1. The number of phenols is 1. The zero-order valence-corrected chi connectivity index (χ0v) is 24.9. The Morgan fingerprint density at radius 1 is 1.08 bits per heavy atom. The molecule has 39 heavy (non-hydrogen) atoms. The molecule has 220 valence electrons. The summed E-state index contributed by atoms with van der Waals surface area (Å²) in [5.41, 5.74) is -0.551. The van der Waals surface area contributed by atoms with E-state index in [2.05, 4.69) is 22.3 Å². The van der Waals surface area contributed by atoms with Crippen LogP contribution in [0.25, 0.3) is 0 Å². The van der Waals surface area contributed by atoms with Gasteiger partial charge >= 0.3 is 12.1 Å². The van der Waals surface area contributed by atoms with Gasteiger partial charge in [0.2, 0.25) is 11.8 Å². The molecule has 0 aliphatic heterocycles. The Morgan fingerprint density at radius 2 is 1.74 bits per heavy atom. The van der Waals surface area contributed by atoms with Crippen molar-refractivity contribution in [3.8, 4) is 5.75 Å². The summed E-state index contributed by atoms with van der Waals surface area (Å²) in [6, 6.07) is 4.06. The molecule has 2 atom stereocenters. The number of amides is 3. The number of nitrogens with one attached hydrogen (secondary N) is 2. The van der Waals surface area contributed by atoms with Crippen molar-refractivity contribution in [2.24, 2.45) is 0 Å². The minimum absolute atomic E-state index is 0.166. The van der Waals surface area contributed by atoms with Crippen LogP contribution >= 0.6 is 11.8 Å². The zero-order chi connectivity index (χ0) is 29.4. The molecule has 0 aliphatic rings. The number of thioether (sulfide) groups is 1. The van der Waals surface area contributed by atoms with Gasteiger partial charge in [0.05, 0.1) is 7.11 Å². The topological polar surface area (TPSA) is 134 Å². The quantitative estimate of drug-likeness (QED) is 0.200. The number of esters is 1. The van der Waals surface area contributed by atoms with E-state index in [1.165, 1.54) is 29.8 Å². The van der Waals surface area contributed by atoms with Crippen LogP contribution in [-0.2, 0) is 23.9 Å². The van der Waals surface area contributed by atoms with Gasteiger partial charge in [-0.05, 0) is 51.7 Å². The van der Waals surface area contributed by atoms with Crippen LogP contribution in [0.15, 0.2) is 24.3 Å². The fraction of sp³-hybridized carbons (Fsp3) is 0.643. The zero-order valence-electron chi connectivity index (χ0n) is 24.1. The first-order valence-corrected chi connectivity index (χ1v) is 14.8. The second-order valence-electron chi connectivity index (χ2n) is 10.2. The SMILES string of the molecule is CCCCCCCN(C(=O)C(CCSC)NC(=O)OC(C)(C)C)C(C(=O)NCC(=O)OC)c1ccccc1O. The van der Waals surface area contributed by atoms with Crippen LogP contribution in [0.4, 0.5) is 4.79 Å². The molecule has 1 rings (SSSR count). The lowest BCUT2D eigenvalue weighted by atomic mass is 10.0. The summed E-state index contributed by atoms with van der Waals surface area (Å²) in [7, 11) is 1.21. The molecule has 0 spiro atoms. The number of methoxy groups -OCH3 is 1. The summed E-state index contributed by atoms with van der Waals surface area (Å²) in [6.07, 6.45) is 5.99. The lowest BCUT2D eigenvalue weighted by Crippen LogP contribution is -2.53. The third kappa shape index (κ3) is 12.6. The van der Waals surface area contributed by atoms with Crippen LogP contribution in [0.3, 0.4) is 0 Å². The number of phenolic OH excluding ortho intramolecular Hbond substituents is 1. The van der Waals surface area contributed by atoms with Gasteiger partial charge in [-0.1, -0.05) is 50.8 Å². The van der Waals surface area contributed by atoms with Crippen LogP contribution in [-0.4, -0.2) is 77.7 Å². The first kappa shape index (κ1) is 34.1. The molecular formula is C28H45N3O7S. The summed E-state index contributed by atoms with van der Waals surface area (Å²) in [5, 5.41) is 15.9. The minimum atomic E-state index is -1.24. The number of benzene rings is 1. The molecule has 0 aromatic heterocycles. The molecule has 0 saturated heterocycles. The second-order valence-corrected chi connectivity index (χ2v) is 11.2. The van der Waals surface area contributed by atoms with Gasteiger partial charge in [-0.3, -0.25) is 14.4 Å². The van der Waals surface area contributed by atoms with Crippen molar-refractivity contribution in [1.82, 2.24) is 15.5 Å². The predicted molar refractivity (Wildman–Crippen MR) is 153 cm³/mol. The second kappa shape index (κ2) is 17.6. The van der Waals surface area contributed by atoms with Crippen LogP contribution in [0, 0.1) is 0 Å². The van der Waals surface area contributed by atoms with Crippen LogP contribution < -0.4 is 10.6 Å². The average molecular weight is 568 g/mol. The normalized spacial score (nSPS) is 12.7. The van der Waals surface area contributed by atoms with Crippen molar-refractivity contribution >= 4 is 35.6 Å². The van der Waals surface area contributed by atoms with Crippen molar-refractivity contribution < 1.29 is 33.8 Å². The van der Waals surface area contributed by atoms with Crippen LogP contribution in [0.5, 0.6) is 5.75 Å². The smallest absolute Gasteiger partial charge is 0.408 e. The van der Waals surface area contributed by atoms with Gasteiger partial charge in [0.15, 0.2) is 0 Å². The van der Waals surface area contributed by atoms with E-state index >= 15 is 0 Å². The molecule has 0 radical (unpaired) electrons. The standard InChI is InChI=1S/C28H45N3O7S/c1-7-8-9-10-13-17-31(26(35)21(16-18-39-6)30-27(36)38-28(2,3)4)24(20-14-11-12-15-22(20)32)25(34)29-19-23(33)37-5/h11-12,14-15,21,24,32H,7-10,13,16-19H2,1-6H3,(H,29,34)(H,30,36). The molecule has 3 N–H and O–H groups in total. The maximum atomic E-state index is 14.1. The van der Waals surface area contributed by atoms with Crippen molar-refractivity contribution in [1.29, 1.82) is 0 Å². The number of para-hydroxylation sites is 1. The van der Waals surface area contributed by atoms with E-state index in [-0.39, 0.29) is 17.9 Å². The monoisotopic (exact) mass is 567 g/mol. The molecule has 0 heterocycles. The predicted octanol–water partition coefficient (Wildman–Crippen LogP) is 4.17. The van der Waals surface area contributed by atoms with Gasteiger partial charge in [0, 0.05) is 12.1 Å². The molecule has 0 saturated carbocycles. The van der Waals surface area contributed by atoms with Gasteiger partial charge in [0.25, 0.3) is 0 Å². The summed E-state index contributed by atoms with van der Waals surface area (Å²) in [5.74, 6) is -1.37. The molecule has 0 bridgehead atoms. The number of ether oxygens (including phenoxy) is 2. The third-order valence-corrected chi connectivity index (χ3v) is 6.46. The summed E-state index contributed by atoms with van der Waals surface area (Å²) in [6.45, 7) is 7.10. The lowest BCUT2D eigenvalue weighted by molar-refractivity contribution is -0.144. The average Bonchev–Trinajstić information content (AvgIpc) is 2.88. The van der Waals surface area contributed by atoms with E-state index in [1.54, 1.807) is 39.0 Å². The highest BCUT2D eigenvalue weighted by molar-refractivity contribution is 7.98. The van der Waals surface area contributed by atoms with Crippen molar-refractivity contribution in [2.45, 2.75) is 83.9 Å². The van der Waals surface area contributed by atoms with E-state index in [9.17, 15) is 24.3 Å². The van der Waals surface area contributed by atoms with Gasteiger partial charge in [-0.2, -0.15) is 11.8 Å². The molecular weight excluding hydrogens is 522 g/mol. The van der Waals surface area contributed by atoms with Gasteiger partial charge < -0.3 is 30.1 Å². The van der Waals surface area contributed by atoms with E-state index in [4.69, 9.17) is 4.74 Å². The van der Waals surface area contributed by atoms with Crippen LogP contribution in [0.2, 0.25) is 0 Å². The summed E-state index contributed by atoms with van der Waals surface area (Å²) in [4.78, 5) is 53.4. The first-order chi connectivity index (χ1) is 18.4. The van der Waals surface area contributed by atoms with E-state index < -0.39 is 48.1 Å². The molecule has 0 fully saturated rings. The highest BCUT2D eigenvalue weighted by Crippen LogP contribution is 2.30. The highest BCUT2D eigenvalue weighted by atomic mass is 32.2. The van der Waals surface area contributed by atoms with Gasteiger partial charge in [-0.25, -0.2) is 4.79 Å². The lowest BCUT2D eigenvalue weighted by Gasteiger charge is -2.34. The first-order valence-electron chi connectivity index (χ1n) is 13.4. The fourth-order valence-electron chi connectivity index (χ4n) is 3.89. The minimum Gasteiger partial charge on any atom is -0.508 e. The van der Waals surface area contributed by atoms with E-state index in [0.29, 0.717) is 18.6 Å². The molecule has 11 heteroatoms. The fourth-order valence-corrected chi connectivity index (χ4v) is 4.36. The molecule has 0 aliphatic carbocycles. The maximum Gasteiger partial charge on any atom is 0.408 e. The Labute approximate surface area is 236 Å². The number of alkyl carbamates (subject to hydrolysis) is 1. The Kier molecular flexibility index (Phi) is 15.4. The Hall–Kier alpha value is -2.95. The number of aromatic hydroxyl groups is 1. The number of hydrogen-bond acceptors (Lipinski definition) is 8. The summed E-state index contributed by atoms with van der Waals surface area (Å²) >= 11 is 1.52. The number of hydrogen-bond donors (Lipinski definition) is 3. The Bertz CT molecular complexity index is 936. The maximum absolute atomic E-state index is 14.1. The van der Waals surface area contributed by atoms with Crippen molar-refractivity contribution in [3.63, 3.8) is 0 Å². The number of rotatable bonds is 16. The molecule has 3 amide bonds. The number of carbonyl (C=O) groups excluding carboxylic acids is 4. The highest BCUT2D eigenvalue weighted by Gasteiger charge is 2.37. The molecule has 10 nitrogen and oxygen atoms in total. The largest absolute Gasteiger partial charge is 0.508 e. The van der Waals surface area contributed by atoms with E-state index in [1.807, 2.05) is 6.26 Å². The Balaban J connectivity index is 3.46. The molecule has 1 aromatic carbocycles. The summed E-state index contributed by atoms with van der Waals surface area (Å²) < 4.78 is 10.0. The van der Waals surface area contributed by atoms with Gasteiger partial charge in [0.1, 0.15) is 30.0 Å². The Morgan fingerprint density at radius 3 is 2.33 bits per heavy atom. The number of carbonyl (C=O) groups is 4. The molecule has 1 aromatic rings. The van der Waals surface area contributed by atoms with Gasteiger partial charge in [-0.15, -0.1) is 0 Å². The van der Waals surface area contributed by atoms with Crippen molar-refractivity contribution in [2.75, 3.05) is 32.2 Å². The molecule has 2 unspecified atom stereocenters. The van der Waals surface area contributed by atoms with E-state index in [0.717, 1.165) is 25.7 Å². The van der Waals surface area contributed by atoms with Crippen molar-refractivity contribution in [3.05, 3.63) is 29.8 Å². The number of unbranched alkanes of at least 4 members (excludes halogenated alkanes) is 4. The third-order valence-electron chi connectivity index (χ3n) is 5.81.